The lowest BCUT2D eigenvalue weighted by Crippen LogP contribution is -1.93. The van der Waals surface area contributed by atoms with Gasteiger partial charge in [0.2, 0.25) is 0 Å². The minimum Gasteiger partial charge on any atom is -0.504 e. The molecule has 0 radical (unpaired) electrons. The van der Waals surface area contributed by atoms with Crippen LogP contribution in [-0.4, -0.2) is 10.2 Å². The number of aromatic hydroxyl groups is 2. The van der Waals surface area contributed by atoms with Crippen LogP contribution in [0.2, 0.25) is 0 Å². The zero-order chi connectivity index (χ0) is 14.9. The summed E-state index contributed by atoms with van der Waals surface area (Å²) in [7, 11) is 0. The predicted octanol–water partition coefficient (Wildman–Crippen LogP) is 2.96. The molecule has 4 nitrogen and oxygen atoms in total. The van der Waals surface area contributed by atoms with E-state index in [0.29, 0.717) is 11.1 Å². The second-order valence-corrected chi connectivity index (χ2v) is 4.23. The Morgan fingerprint density at radius 1 is 1.10 bits per heavy atom. The van der Waals surface area contributed by atoms with E-state index in [2.05, 4.69) is 0 Å². The van der Waals surface area contributed by atoms with Crippen LogP contribution in [0.25, 0.3) is 11.1 Å². The van der Waals surface area contributed by atoms with E-state index in [0.717, 1.165) is 6.07 Å². The Hall–Kier alpha value is -3.05. The summed E-state index contributed by atoms with van der Waals surface area (Å²) in [6.07, 6.45) is 0. The molecule has 5 heteroatoms. The van der Waals surface area contributed by atoms with Gasteiger partial charge in [0.05, 0.1) is 11.6 Å². The van der Waals surface area contributed by atoms with E-state index in [1.807, 2.05) is 6.07 Å². The summed E-state index contributed by atoms with van der Waals surface area (Å²) in [4.78, 5) is 0. The van der Waals surface area contributed by atoms with Crippen LogP contribution >= 0.6 is 0 Å². The minimum atomic E-state index is -0.594. The van der Waals surface area contributed by atoms with Gasteiger partial charge in [0.15, 0.2) is 11.5 Å². The van der Waals surface area contributed by atoms with Crippen LogP contribution in [0.1, 0.15) is 16.7 Å². The van der Waals surface area contributed by atoms with E-state index in [1.165, 1.54) is 18.2 Å². The lowest BCUT2D eigenvalue weighted by Gasteiger charge is -2.11. The van der Waals surface area contributed by atoms with E-state index in [9.17, 15) is 14.6 Å². The average molecular weight is 268 g/mol. The van der Waals surface area contributed by atoms with Crippen molar-refractivity contribution in [2.45, 2.75) is 6.92 Å². The Bertz CT molecular complexity index is 786. The molecule has 0 saturated heterocycles. The minimum absolute atomic E-state index is 0.0304. The van der Waals surface area contributed by atoms with Crippen molar-refractivity contribution in [1.29, 1.82) is 10.5 Å². The molecule has 0 aliphatic heterocycles. The van der Waals surface area contributed by atoms with Crippen molar-refractivity contribution in [3.05, 3.63) is 46.8 Å². The summed E-state index contributed by atoms with van der Waals surface area (Å²) in [6, 6.07) is 8.79. The molecule has 98 valence electrons. The third-order valence-corrected chi connectivity index (χ3v) is 2.96. The van der Waals surface area contributed by atoms with Crippen molar-refractivity contribution in [2.24, 2.45) is 0 Å². The fraction of sp³-hybridized carbons (Fsp3) is 0.0667. The lowest BCUT2D eigenvalue weighted by atomic mass is 9.93. The van der Waals surface area contributed by atoms with Crippen LogP contribution < -0.4 is 0 Å². The van der Waals surface area contributed by atoms with E-state index < -0.39 is 17.3 Å². The van der Waals surface area contributed by atoms with Gasteiger partial charge < -0.3 is 10.2 Å². The molecule has 0 heterocycles. The largest absolute Gasteiger partial charge is 0.504 e. The summed E-state index contributed by atoms with van der Waals surface area (Å²) < 4.78 is 13.3. The number of nitrogens with zero attached hydrogens (tertiary/aromatic N) is 2. The highest BCUT2D eigenvalue weighted by Crippen LogP contribution is 2.39. The van der Waals surface area contributed by atoms with Crippen molar-refractivity contribution < 1.29 is 14.6 Å². The predicted molar refractivity (Wildman–Crippen MR) is 69.3 cm³/mol. The van der Waals surface area contributed by atoms with E-state index in [4.69, 9.17) is 10.5 Å². The molecule has 0 bridgehead atoms. The fourth-order valence-electron chi connectivity index (χ4n) is 1.96. The number of rotatable bonds is 1. The summed E-state index contributed by atoms with van der Waals surface area (Å²) in [5.74, 6) is -1.54. The second-order valence-electron chi connectivity index (χ2n) is 4.23. The molecule has 20 heavy (non-hydrogen) atoms. The van der Waals surface area contributed by atoms with Gasteiger partial charge in [0.25, 0.3) is 0 Å². The summed E-state index contributed by atoms with van der Waals surface area (Å²) >= 11 is 0. The van der Waals surface area contributed by atoms with Crippen LogP contribution in [0.15, 0.2) is 24.3 Å². The molecule has 0 spiro atoms. The first-order chi connectivity index (χ1) is 9.49. The molecule has 0 aliphatic carbocycles. The summed E-state index contributed by atoms with van der Waals surface area (Å²) in [5.41, 5.74) is 0.763. The van der Waals surface area contributed by atoms with Gasteiger partial charge in [0, 0.05) is 11.6 Å². The summed E-state index contributed by atoms with van der Waals surface area (Å²) in [6.45, 7) is 1.55. The number of phenols is 2. The van der Waals surface area contributed by atoms with Crippen LogP contribution in [0.4, 0.5) is 4.39 Å². The Morgan fingerprint density at radius 2 is 1.80 bits per heavy atom. The molecule has 0 aromatic heterocycles. The smallest absolute Gasteiger partial charge is 0.176 e. The van der Waals surface area contributed by atoms with Gasteiger partial charge in [-0.1, -0.05) is 6.07 Å². The number of benzene rings is 2. The van der Waals surface area contributed by atoms with Gasteiger partial charge in [-0.15, -0.1) is 0 Å². The molecule has 2 aromatic rings. The first kappa shape index (κ1) is 13.4. The molecular weight excluding hydrogens is 259 g/mol. The first-order valence-electron chi connectivity index (χ1n) is 5.65. The van der Waals surface area contributed by atoms with Gasteiger partial charge in [-0.3, -0.25) is 0 Å². The Labute approximate surface area is 114 Å². The number of nitriles is 2. The normalized spacial score (nSPS) is 9.80. The van der Waals surface area contributed by atoms with Crippen molar-refractivity contribution in [1.82, 2.24) is 0 Å². The Kier molecular flexibility index (Phi) is 3.28. The molecule has 0 fully saturated rings. The van der Waals surface area contributed by atoms with Crippen molar-refractivity contribution in [2.75, 3.05) is 0 Å². The maximum Gasteiger partial charge on any atom is 0.176 e. The van der Waals surface area contributed by atoms with Gasteiger partial charge in [0.1, 0.15) is 17.4 Å². The number of hydrogen-bond donors (Lipinski definition) is 2. The van der Waals surface area contributed by atoms with Crippen molar-refractivity contribution in [3.8, 4) is 34.8 Å². The molecular formula is C15H9FN2O2. The number of aryl methyl sites for hydroxylation is 1. The third-order valence-electron chi connectivity index (χ3n) is 2.96. The molecule has 2 N–H and O–H groups in total. The van der Waals surface area contributed by atoms with Crippen LogP contribution in [0.5, 0.6) is 11.5 Å². The van der Waals surface area contributed by atoms with Gasteiger partial charge in [-0.25, -0.2) is 4.39 Å². The van der Waals surface area contributed by atoms with Crippen LogP contribution in [0.3, 0.4) is 0 Å². The number of phenolic OH excluding ortho intramolecular Hbond substituents is 2. The van der Waals surface area contributed by atoms with Crippen molar-refractivity contribution >= 4 is 0 Å². The third kappa shape index (κ3) is 2.02. The monoisotopic (exact) mass is 268 g/mol. The van der Waals surface area contributed by atoms with E-state index in [1.54, 1.807) is 13.0 Å². The SMILES string of the molecule is Cc1cc(-c2c(C#N)cc(O)c(O)c2C#N)ccc1F. The van der Waals surface area contributed by atoms with E-state index in [-0.39, 0.29) is 16.7 Å². The Balaban J connectivity index is 2.86. The molecule has 0 amide bonds. The maximum absolute atomic E-state index is 13.3. The highest BCUT2D eigenvalue weighted by molar-refractivity contribution is 5.81. The molecule has 0 aliphatic rings. The van der Waals surface area contributed by atoms with E-state index >= 15 is 0 Å². The highest BCUT2D eigenvalue weighted by Gasteiger charge is 2.19. The molecule has 0 unspecified atom stereocenters. The Morgan fingerprint density at radius 3 is 2.35 bits per heavy atom. The molecule has 0 atom stereocenters. The first-order valence-corrected chi connectivity index (χ1v) is 5.65. The van der Waals surface area contributed by atoms with Gasteiger partial charge in [-0.05, 0) is 30.2 Å². The quantitative estimate of drug-likeness (QED) is 0.778. The second kappa shape index (κ2) is 4.91. The topological polar surface area (TPSA) is 88.0 Å². The summed E-state index contributed by atoms with van der Waals surface area (Å²) in [5, 5.41) is 37.5. The molecule has 2 rings (SSSR count). The average Bonchev–Trinajstić information content (AvgIpc) is 2.44. The zero-order valence-electron chi connectivity index (χ0n) is 10.5. The van der Waals surface area contributed by atoms with Gasteiger partial charge >= 0.3 is 0 Å². The molecule has 0 saturated carbocycles. The highest BCUT2D eigenvalue weighted by atomic mass is 19.1. The van der Waals surface area contributed by atoms with Crippen molar-refractivity contribution in [3.63, 3.8) is 0 Å². The molecule has 2 aromatic carbocycles. The number of hydrogen-bond acceptors (Lipinski definition) is 4. The maximum atomic E-state index is 13.3. The van der Waals surface area contributed by atoms with Gasteiger partial charge in [-0.2, -0.15) is 10.5 Å². The standard InChI is InChI=1S/C15H9FN2O2/c1-8-4-9(2-3-12(8)16)14-10(6-17)5-13(19)15(20)11(14)7-18/h2-5,19-20H,1H3. The number of halogens is 1. The fourth-order valence-corrected chi connectivity index (χ4v) is 1.96. The van der Waals surface area contributed by atoms with Crippen LogP contribution in [0, 0.1) is 35.4 Å². The van der Waals surface area contributed by atoms with Crippen LogP contribution in [-0.2, 0) is 0 Å². The lowest BCUT2D eigenvalue weighted by molar-refractivity contribution is 0.402. The zero-order valence-corrected chi connectivity index (χ0v) is 10.5.